The van der Waals surface area contributed by atoms with Crippen LogP contribution in [0.25, 0.3) is 0 Å². The van der Waals surface area contributed by atoms with Crippen LogP contribution in [0.3, 0.4) is 0 Å². The Labute approximate surface area is 159 Å². The molecule has 4 nitrogen and oxygen atoms in total. The molecule has 0 heterocycles. The van der Waals surface area contributed by atoms with Crippen LogP contribution >= 0.6 is 0 Å². The zero-order valence-electron chi connectivity index (χ0n) is 16.9. The molecular weight excluding hydrogens is 360 g/mol. The highest BCUT2D eigenvalue weighted by Crippen LogP contribution is 2.36. The fourth-order valence-electron chi connectivity index (χ4n) is 3.28. The molecule has 0 radical (unpaired) electrons. The maximum absolute atomic E-state index is 12.3. The summed E-state index contributed by atoms with van der Waals surface area (Å²) in [4.78, 5) is 24.4. The molecule has 0 aliphatic heterocycles. The van der Waals surface area contributed by atoms with E-state index in [-0.39, 0.29) is 17.9 Å². The third kappa shape index (κ3) is 6.39. The first-order valence-corrected chi connectivity index (χ1v) is 16.3. The van der Waals surface area contributed by atoms with E-state index in [1.54, 1.807) is 0 Å². The predicted molar refractivity (Wildman–Crippen MR) is 109 cm³/mol. The van der Waals surface area contributed by atoms with Gasteiger partial charge in [0, 0.05) is 0 Å². The molecule has 1 aromatic carbocycles. The van der Waals surface area contributed by atoms with Gasteiger partial charge in [0.25, 0.3) is 5.97 Å². The van der Waals surface area contributed by atoms with Gasteiger partial charge in [0.2, 0.25) is 16.6 Å². The smallest absolute Gasteiger partial charge is 0.324 e. The highest BCUT2D eigenvalue weighted by atomic mass is 28.4. The molecule has 1 aliphatic rings. The third-order valence-corrected chi connectivity index (χ3v) is 6.10. The van der Waals surface area contributed by atoms with Crippen molar-refractivity contribution in [3.63, 3.8) is 0 Å². The van der Waals surface area contributed by atoms with Crippen molar-refractivity contribution in [3.8, 4) is 0 Å². The molecule has 1 saturated carbocycles. The van der Waals surface area contributed by atoms with Gasteiger partial charge in [-0.2, -0.15) is 0 Å². The molecule has 0 aromatic heterocycles. The second kappa shape index (κ2) is 8.09. The fourth-order valence-corrected chi connectivity index (χ4v) is 4.72. The van der Waals surface area contributed by atoms with Crippen molar-refractivity contribution >= 4 is 28.6 Å². The van der Waals surface area contributed by atoms with Gasteiger partial charge in [0.1, 0.15) is 0 Å². The monoisotopic (exact) mass is 392 g/mol. The molecular formula is C20H32O4Si2. The van der Waals surface area contributed by atoms with Crippen molar-refractivity contribution in [2.45, 2.75) is 70.9 Å². The second-order valence-corrected chi connectivity index (χ2v) is 18.1. The summed E-state index contributed by atoms with van der Waals surface area (Å²) < 4.78 is 11.2. The van der Waals surface area contributed by atoms with E-state index in [1.807, 2.05) is 63.5 Å². The van der Waals surface area contributed by atoms with E-state index < -0.39 is 16.6 Å². The zero-order chi connectivity index (χ0) is 19.5. The first kappa shape index (κ1) is 20.9. The van der Waals surface area contributed by atoms with E-state index in [9.17, 15) is 9.59 Å². The molecule has 26 heavy (non-hydrogen) atoms. The molecule has 0 bridgehead atoms. The average Bonchev–Trinajstić information content (AvgIpc) is 2.52. The molecule has 1 aromatic rings. The molecule has 2 rings (SSSR count). The Balaban J connectivity index is 1.91. The Morgan fingerprint density at radius 2 is 1.31 bits per heavy atom. The van der Waals surface area contributed by atoms with Crippen molar-refractivity contribution in [2.24, 2.45) is 5.92 Å². The lowest BCUT2D eigenvalue weighted by molar-refractivity contribution is -0.140. The van der Waals surface area contributed by atoms with Gasteiger partial charge in [0.05, 0.1) is 11.5 Å². The number of hydrogen-bond acceptors (Lipinski definition) is 4. The summed E-state index contributed by atoms with van der Waals surface area (Å²) in [5.74, 6) is 0.262. The minimum atomic E-state index is -1.88. The number of rotatable bonds is 5. The summed E-state index contributed by atoms with van der Waals surface area (Å²) >= 11 is 0. The summed E-state index contributed by atoms with van der Waals surface area (Å²) in [6, 6.07) is 7.80. The lowest BCUT2D eigenvalue weighted by Gasteiger charge is -2.29. The molecule has 0 saturated heterocycles. The number of benzene rings is 1. The van der Waals surface area contributed by atoms with Gasteiger partial charge >= 0.3 is 5.97 Å². The summed E-state index contributed by atoms with van der Waals surface area (Å²) in [6.07, 6.45) is 3.75. The van der Waals surface area contributed by atoms with E-state index in [0.717, 1.165) is 25.7 Å². The van der Waals surface area contributed by atoms with Crippen LogP contribution in [0.4, 0.5) is 0 Å². The Kier molecular flexibility index (Phi) is 6.50. The van der Waals surface area contributed by atoms with Gasteiger partial charge in [-0.1, -0.05) is 12.1 Å². The molecule has 0 unspecified atom stereocenters. The van der Waals surface area contributed by atoms with Crippen LogP contribution in [0.2, 0.25) is 39.3 Å². The van der Waals surface area contributed by atoms with E-state index in [0.29, 0.717) is 11.5 Å². The van der Waals surface area contributed by atoms with Gasteiger partial charge in [-0.3, -0.25) is 4.79 Å². The normalized spacial score (nSPS) is 21.2. The molecule has 0 atom stereocenters. The van der Waals surface area contributed by atoms with Gasteiger partial charge in [-0.05, 0) is 88.6 Å². The molecule has 1 fully saturated rings. The van der Waals surface area contributed by atoms with E-state index in [1.165, 1.54) is 5.56 Å². The van der Waals surface area contributed by atoms with E-state index in [2.05, 4.69) is 0 Å². The maximum atomic E-state index is 12.3. The van der Waals surface area contributed by atoms with Crippen LogP contribution in [0, 0.1) is 5.92 Å². The first-order chi connectivity index (χ1) is 11.9. The minimum Gasteiger partial charge on any atom is -0.520 e. The van der Waals surface area contributed by atoms with Gasteiger partial charge in [-0.15, -0.1) is 0 Å². The Morgan fingerprint density at radius 3 is 1.77 bits per heavy atom. The topological polar surface area (TPSA) is 52.6 Å². The zero-order valence-corrected chi connectivity index (χ0v) is 18.9. The van der Waals surface area contributed by atoms with Crippen molar-refractivity contribution in [1.29, 1.82) is 0 Å². The van der Waals surface area contributed by atoms with Gasteiger partial charge < -0.3 is 8.85 Å². The summed E-state index contributed by atoms with van der Waals surface area (Å²) in [5, 5.41) is 0. The molecule has 6 heteroatoms. The average molecular weight is 393 g/mol. The highest BCUT2D eigenvalue weighted by Gasteiger charge is 2.31. The standard InChI is InChI=1S/C20H32O4Si2/c1-25(2,3)23-19(21)17-11-7-15(8-12-17)16-9-13-18(14-10-16)20(22)24-26(4,5)6/h7-8,11-12,16,18H,9-10,13-14H2,1-6H3. The third-order valence-electron chi connectivity index (χ3n) is 4.48. The number of carbonyl (C=O) groups is 2. The Morgan fingerprint density at radius 1 is 0.808 bits per heavy atom. The van der Waals surface area contributed by atoms with E-state index >= 15 is 0 Å². The van der Waals surface area contributed by atoms with Crippen LogP contribution in [-0.2, 0) is 13.6 Å². The number of carbonyl (C=O) groups excluding carboxylic acids is 2. The minimum absolute atomic E-state index is 0.00735. The molecule has 0 N–H and O–H groups in total. The van der Waals surface area contributed by atoms with Crippen LogP contribution in [0.5, 0.6) is 0 Å². The second-order valence-electron chi connectivity index (χ2n) is 9.21. The lowest BCUT2D eigenvalue weighted by Crippen LogP contribution is -2.34. The van der Waals surface area contributed by atoms with Crippen LogP contribution in [0.15, 0.2) is 24.3 Å². The lowest BCUT2D eigenvalue weighted by atomic mass is 9.78. The quantitative estimate of drug-likeness (QED) is 0.636. The summed E-state index contributed by atoms with van der Waals surface area (Å²) in [7, 11) is -3.69. The van der Waals surface area contributed by atoms with Crippen molar-refractivity contribution in [3.05, 3.63) is 35.4 Å². The Hall–Kier alpha value is -1.41. The van der Waals surface area contributed by atoms with Gasteiger partial charge in [-0.25, -0.2) is 4.79 Å². The SMILES string of the molecule is C[Si](C)(C)OC(=O)c1ccc(C2CCC(C(=O)O[Si](C)(C)C)CC2)cc1. The van der Waals surface area contributed by atoms with Crippen molar-refractivity contribution < 1.29 is 18.4 Å². The Bertz CT molecular complexity index is 633. The highest BCUT2D eigenvalue weighted by molar-refractivity contribution is 6.71. The molecule has 0 amide bonds. The number of hydrogen-bond donors (Lipinski definition) is 0. The molecule has 144 valence electrons. The molecule has 1 aliphatic carbocycles. The summed E-state index contributed by atoms with van der Waals surface area (Å²) in [5.41, 5.74) is 1.86. The van der Waals surface area contributed by atoms with Crippen LogP contribution in [0.1, 0.15) is 47.5 Å². The maximum Gasteiger partial charge on any atom is 0.324 e. The molecule has 0 spiro atoms. The van der Waals surface area contributed by atoms with Crippen LogP contribution < -0.4 is 0 Å². The predicted octanol–water partition coefficient (Wildman–Crippen LogP) is 5.33. The van der Waals surface area contributed by atoms with Crippen molar-refractivity contribution in [1.82, 2.24) is 0 Å². The van der Waals surface area contributed by atoms with Crippen LogP contribution in [-0.4, -0.2) is 28.6 Å². The summed E-state index contributed by atoms with van der Waals surface area (Å²) in [6.45, 7) is 12.2. The van der Waals surface area contributed by atoms with Crippen molar-refractivity contribution in [2.75, 3.05) is 0 Å². The first-order valence-electron chi connectivity index (χ1n) is 9.51. The fraction of sp³-hybridized carbons (Fsp3) is 0.600. The van der Waals surface area contributed by atoms with E-state index in [4.69, 9.17) is 8.85 Å². The largest absolute Gasteiger partial charge is 0.520 e. The van der Waals surface area contributed by atoms with Gasteiger partial charge in [0.15, 0.2) is 0 Å².